The van der Waals surface area contributed by atoms with Crippen LogP contribution in [0.1, 0.15) is 43.5 Å². The first-order valence-electron chi connectivity index (χ1n) is 7.94. The van der Waals surface area contributed by atoms with Crippen LogP contribution in [0.2, 0.25) is 0 Å². The van der Waals surface area contributed by atoms with E-state index in [0.717, 1.165) is 50.0 Å². The lowest BCUT2D eigenvalue weighted by Crippen LogP contribution is -2.50. The molecule has 0 aromatic carbocycles. The van der Waals surface area contributed by atoms with E-state index < -0.39 is 0 Å². The van der Waals surface area contributed by atoms with Crippen LogP contribution in [0.25, 0.3) is 0 Å². The highest BCUT2D eigenvalue weighted by molar-refractivity contribution is 5.08. The number of aryl methyl sites for hydroxylation is 2. The molecule has 2 fully saturated rings. The average molecular weight is 275 g/mol. The van der Waals surface area contributed by atoms with Gasteiger partial charge in [0.2, 0.25) is 0 Å². The van der Waals surface area contributed by atoms with Crippen LogP contribution < -0.4 is 0 Å². The molecule has 1 aliphatic carbocycles. The van der Waals surface area contributed by atoms with Crippen molar-refractivity contribution in [1.29, 1.82) is 0 Å². The maximum Gasteiger partial charge on any atom is 0.0622 e. The average Bonchev–Trinajstić information content (AvgIpc) is 3.01. The van der Waals surface area contributed by atoms with Gasteiger partial charge in [0.05, 0.1) is 24.6 Å². The summed E-state index contributed by atoms with van der Waals surface area (Å²) in [6.45, 7) is 4.94. The van der Waals surface area contributed by atoms with Gasteiger partial charge in [-0.2, -0.15) is 0 Å². The van der Waals surface area contributed by atoms with Crippen molar-refractivity contribution in [3.05, 3.63) is 23.8 Å². The number of ether oxygens (including phenoxy) is 1. The Morgan fingerprint density at radius 3 is 2.85 bits per heavy atom. The number of rotatable bonds is 4. The minimum atomic E-state index is 0.563. The van der Waals surface area contributed by atoms with Crippen molar-refractivity contribution < 1.29 is 4.74 Å². The molecule has 0 bridgehead atoms. The zero-order valence-electron chi connectivity index (χ0n) is 12.4. The molecule has 0 unspecified atom stereocenters. The van der Waals surface area contributed by atoms with Crippen LogP contribution in [0, 0.1) is 6.92 Å². The molecule has 1 saturated carbocycles. The number of nitrogens with zero attached hydrogens (tertiary/aromatic N) is 3. The minimum Gasteiger partial charge on any atom is -0.378 e. The first-order valence-corrected chi connectivity index (χ1v) is 7.94. The highest BCUT2D eigenvalue weighted by atomic mass is 16.5. The van der Waals surface area contributed by atoms with Crippen LogP contribution in [-0.2, 0) is 11.2 Å². The summed E-state index contributed by atoms with van der Waals surface area (Å²) in [6.07, 6.45) is 11.3. The second-order valence-corrected chi connectivity index (χ2v) is 6.03. The highest BCUT2D eigenvalue weighted by Gasteiger charge is 2.30. The molecular weight excluding hydrogens is 250 g/mol. The fourth-order valence-electron chi connectivity index (χ4n) is 3.62. The van der Waals surface area contributed by atoms with Crippen molar-refractivity contribution >= 4 is 0 Å². The number of aromatic nitrogens is 2. The summed E-state index contributed by atoms with van der Waals surface area (Å²) < 4.78 is 5.71. The fourth-order valence-corrected chi connectivity index (χ4v) is 3.62. The zero-order valence-corrected chi connectivity index (χ0v) is 12.4. The first-order chi connectivity index (χ1) is 9.84. The SMILES string of the molecule is Cc1nccnc1CC[C@H]1COCCN1C1CCCC1. The van der Waals surface area contributed by atoms with Crippen molar-refractivity contribution in [2.24, 2.45) is 0 Å². The van der Waals surface area contributed by atoms with Gasteiger partial charge in [-0.25, -0.2) is 0 Å². The Labute approximate surface area is 121 Å². The van der Waals surface area contributed by atoms with Crippen LogP contribution in [0.5, 0.6) is 0 Å². The molecule has 0 radical (unpaired) electrons. The lowest BCUT2D eigenvalue weighted by atomic mass is 10.0. The molecule has 110 valence electrons. The van der Waals surface area contributed by atoms with E-state index in [2.05, 4.69) is 21.8 Å². The molecular formula is C16H25N3O. The minimum absolute atomic E-state index is 0.563. The molecule has 1 saturated heterocycles. The Hall–Kier alpha value is -1.00. The summed E-state index contributed by atoms with van der Waals surface area (Å²) >= 11 is 0. The molecule has 3 rings (SSSR count). The van der Waals surface area contributed by atoms with E-state index in [9.17, 15) is 0 Å². The molecule has 1 aliphatic heterocycles. The largest absolute Gasteiger partial charge is 0.378 e. The van der Waals surface area contributed by atoms with Crippen molar-refractivity contribution in [3.8, 4) is 0 Å². The summed E-state index contributed by atoms with van der Waals surface area (Å²) in [5.41, 5.74) is 2.21. The van der Waals surface area contributed by atoms with E-state index in [1.807, 2.05) is 0 Å². The molecule has 4 heteroatoms. The smallest absolute Gasteiger partial charge is 0.0622 e. The van der Waals surface area contributed by atoms with E-state index in [1.54, 1.807) is 12.4 Å². The van der Waals surface area contributed by atoms with Gasteiger partial charge in [-0.15, -0.1) is 0 Å². The van der Waals surface area contributed by atoms with Gasteiger partial charge in [0, 0.05) is 31.0 Å². The van der Waals surface area contributed by atoms with E-state index in [4.69, 9.17) is 4.74 Å². The van der Waals surface area contributed by atoms with E-state index in [0.29, 0.717) is 6.04 Å². The number of morpholine rings is 1. The van der Waals surface area contributed by atoms with E-state index >= 15 is 0 Å². The van der Waals surface area contributed by atoms with Crippen molar-refractivity contribution in [1.82, 2.24) is 14.9 Å². The highest BCUT2D eigenvalue weighted by Crippen LogP contribution is 2.27. The van der Waals surface area contributed by atoms with Crippen molar-refractivity contribution in [2.45, 2.75) is 57.5 Å². The van der Waals surface area contributed by atoms with Gasteiger partial charge in [0.1, 0.15) is 0 Å². The molecule has 2 aliphatic rings. The molecule has 0 N–H and O–H groups in total. The third-order valence-electron chi connectivity index (χ3n) is 4.76. The van der Waals surface area contributed by atoms with Gasteiger partial charge in [-0.05, 0) is 32.6 Å². The van der Waals surface area contributed by atoms with Gasteiger partial charge in [-0.3, -0.25) is 14.9 Å². The summed E-state index contributed by atoms with van der Waals surface area (Å²) in [5, 5.41) is 0. The van der Waals surface area contributed by atoms with E-state index in [1.165, 1.54) is 25.7 Å². The molecule has 0 amide bonds. The molecule has 1 atom stereocenters. The summed E-state index contributed by atoms with van der Waals surface area (Å²) in [6, 6.07) is 1.36. The first kappa shape index (κ1) is 14.0. The lowest BCUT2D eigenvalue weighted by Gasteiger charge is -2.39. The normalized spacial score (nSPS) is 25.1. The molecule has 20 heavy (non-hydrogen) atoms. The van der Waals surface area contributed by atoms with Crippen molar-refractivity contribution in [2.75, 3.05) is 19.8 Å². The third kappa shape index (κ3) is 3.18. The van der Waals surface area contributed by atoms with Gasteiger partial charge in [0.15, 0.2) is 0 Å². The summed E-state index contributed by atoms with van der Waals surface area (Å²) in [4.78, 5) is 11.5. The fraction of sp³-hybridized carbons (Fsp3) is 0.750. The van der Waals surface area contributed by atoms with Gasteiger partial charge < -0.3 is 4.74 Å². The van der Waals surface area contributed by atoms with Crippen molar-refractivity contribution in [3.63, 3.8) is 0 Å². The number of hydrogen-bond acceptors (Lipinski definition) is 4. The molecule has 0 spiro atoms. The third-order valence-corrected chi connectivity index (χ3v) is 4.76. The van der Waals surface area contributed by atoms with Crippen LogP contribution in [0.15, 0.2) is 12.4 Å². The Morgan fingerprint density at radius 2 is 2.05 bits per heavy atom. The van der Waals surface area contributed by atoms with Gasteiger partial charge in [-0.1, -0.05) is 12.8 Å². The monoisotopic (exact) mass is 275 g/mol. The van der Waals surface area contributed by atoms with Crippen LogP contribution in [-0.4, -0.2) is 46.7 Å². The van der Waals surface area contributed by atoms with Gasteiger partial charge in [0.25, 0.3) is 0 Å². The summed E-state index contributed by atoms with van der Waals surface area (Å²) in [5.74, 6) is 0. The maximum atomic E-state index is 5.71. The van der Waals surface area contributed by atoms with E-state index in [-0.39, 0.29) is 0 Å². The van der Waals surface area contributed by atoms with Crippen LogP contribution in [0.3, 0.4) is 0 Å². The topological polar surface area (TPSA) is 38.3 Å². The Kier molecular flexibility index (Phi) is 4.63. The lowest BCUT2D eigenvalue weighted by molar-refractivity contribution is -0.0303. The number of hydrogen-bond donors (Lipinski definition) is 0. The second-order valence-electron chi connectivity index (χ2n) is 6.03. The van der Waals surface area contributed by atoms with Crippen LogP contribution >= 0.6 is 0 Å². The second kappa shape index (κ2) is 6.64. The maximum absolute atomic E-state index is 5.71. The van der Waals surface area contributed by atoms with Gasteiger partial charge >= 0.3 is 0 Å². The Bertz CT molecular complexity index is 431. The predicted molar refractivity (Wildman–Crippen MR) is 78.7 cm³/mol. The molecule has 2 heterocycles. The Balaban J connectivity index is 1.60. The predicted octanol–water partition coefficient (Wildman–Crippen LogP) is 2.36. The van der Waals surface area contributed by atoms with Crippen LogP contribution in [0.4, 0.5) is 0 Å². The standard InChI is InChI=1S/C16H25N3O/c1-13-16(18-9-8-17-13)7-6-15-12-20-11-10-19(15)14-4-2-3-5-14/h8-9,14-15H,2-7,10-12H2,1H3/t15-/m0/s1. The molecule has 1 aromatic rings. The quantitative estimate of drug-likeness (QED) is 0.845. The zero-order chi connectivity index (χ0) is 13.8. The molecule has 1 aromatic heterocycles. The molecule has 4 nitrogen and oxygen atoms in total. The summed E-state index contributed by atoms with van der Waals surface area (Å²) in [7, 11) is 0. The Morgan fingerprint density at radius 1 is 1.25 bits per heavy atom.